The molecule has 0 radical (unpaired) electrons. The topological polar surface area (TPSA) is 131 Å². The minimum absolute atomic E-state index is 0.0464. The van der Waals surface area contributed by atoms with E-state index in [0.717, 1.165) is 22.3 Å². The molecule has 3 amide bonds. The molecule has 4 N–H and O–H groups in total. The van der Waals surface area contributed by atoms with Crippen LogP contribution in [0.15, 0.2) is 66.9 Å². The molecule has 1 atom stereocenters. The number of aromatic nitrogens is 1. The fourth-order valence-corrected chi connectivity index (χ4v) is 6.33. The van der Waals surface area contributed by atoms with Gasteiger partial charge in [-0.1, -0.05) is 43.3 Å². The van der Waals surface area contributed by atoms with E-state index in [-0.39, 0.29) is 30.2 Å². The Balaban J connectivity index is 1.28. The number of carbonyl (C=O) groups excluding carboxylic acids is 3. The van der Waals surface area contributed by atoms with Crippen molar-refractivity contribution >= 4 is 35.1 Å². The molecule has 2 aliphatic rings. The van der Waals surface area contributed by atoms with E-state index in [1.165, 1.54) is 0 Å². The third kappa shape index (κ3) is 7.75. The van der Waals surface area contributed by atoms with E-state index in [1.54, 1.807) is 30.2 Å². The Kier molecular flexibility index (Phi) is 9.93. The number of hydrogen-bond acceptors (Lipinski definition) is 6. The smallest absolute Gasteiger partial charge is 0.244 e. The Morgan fingerprint density at radius 2 is 1.69 bits per heavy atom. The summed E-state index contributed by atoms with van der Waals surface area (Å²) in [6, 6.07) is 19.2. The fourth-order valence-electron chi connectivity index (χ4n) is 6.33. The molecular formula is C35H43N7O3. The second-order valence-corrected chi connectivity index (χ2v) is 12.4. The average molecular weight is 610 g/mol. The largest absolute Gasteiger partial charge is 0.361 e. The maximum absolute atomic E-state index is 14.2. The number of carbonyl (C=O) groups is 3. The number of fused-ring (bicyclic) bond motifs is 1. The predicted molar refractivity (Wildman–Crippen MR) is 176 cm³/mol. The molecule has 1 fully saturated rings. The highest BCUT2D eigenvalue weighted by Gasteiger charge is 2.40. The summed E-state index contributed by atoms with van der Waals surface area (Å²) >= 11 is 0. The lowest BCUT2D eigenvalue weighted by Crippen LogP contribution is -2.51. The van der Waals surface area contributed by atoms with Crippen LogP contribution in [0.2, 0.25) is 0 Å². The second kappa shape index (κ2) is 14.0. The Hall–Kier alpha value is -4.57. The van der Waals surface area contributed by atoms with Gasteiger partial charge in [-0.15, -0.1) is 0 Å². The van der Waals surface area contributed by atoms with Crippen LogP contribution in [0.3, 0.4) is 0 Å². The fraction of sp³-hybridized carbons (Fsp3) is 0.400. The zero-order valence-corrected chi connectivity index (χ0v) is 26.4. The first-order valence-electron chi connectivity index (χ1n) is 15.6. The SMILES string of the molecule is CNCc1ccccc1CN(CC(=O)Nc1ccc2c(c1)C[C@H](C(=O)Nc1ccccn1)C2)C(=O)C1(C)CCN(C(C)=N)CC1. The summed E-state index contributed by atoms with van der Waals surface area (Å²) in [4.78, 5) is 48.4. The molecule has 0 bridgehead atoms. The Morgan fingerprint density at radius 1 is 0.978 bits per heavy atom. The van der Waals surface area contributed by atoms with E-state index in [1.807, 2.05) is 67.4 Å². The van der Waals surface area contributed by atoms with Crippen molar-refractivity contribution in [3.8, 4) is 0 Å². The van der Waals surface area contributed by atoms with E-state index in [2.05, 4.69) is 20.9 Å². The van der Waals surface area contributed by atoms with Gasteiger partial charge in [0.05, 0.1) is 5.84 Å². The van der Waals surface area contributed by atoms with Crippen molar-refractivity contribution in [2.75, 3.05) is 37.3 Å². The van der Waals surface area contributed by atoms with E-state index >= 15 is 0 Å². The van der Waals surface area contributed by atoms with Crippen molar-refractivity contribution in [3.05, 3.63) is 89.1 Å². The van der Waals surface area contributed by atoms with E-state index in [4.69, 9.17) is 5.41 Å². The van der Waals surface area contributed by atoms with Gasteiger partial charge in [0.25, 0.3) is 0 Å². The van der Waals surface area contributed by atoms with Crippen molar-refractivity contribution in [1.82, 2.24) is 20.1 Å². The summed E-state index contributed by atoms with van der Waals surface area (Å²) in [6.45, 7) is 5.94. The third-order valence-corrected chi connectivity index (χ3v) is 9.04. The van der Waals surface area contributed by atoms with E-state index in [0.29, 0.717) is 69.2 Å². The third-order valence-electron chi connectivity index (χ3n) is 9.04. The number of benzene rings is 2. The van der Waals surface area contributed by atoms with Crippen LogP contribution >= 0.6 is 0 Å². The molecule has 1 aliphatic heterocycles. The monoisotopic (exact) mass is 609 g/mol. The lowest BCUT2D eigenvalue weighted by molar-refractivity contribution is -0.146. The lowest BCUT2D eigenvalue weighted by atomic mass is 9.78. The molecule has 45 heavy (non-hydrogen) atoms. The number of anilines is 2. The van der Waals surface area contributed by atoms with Gasteiger partial charge in [-0.3, -0.25) is 19.8 Å². The summed E-state index contributed by atoms with van der Waals surface area (Å²) in [5.41, 5.74) is 4.22. The predicted octanol–water partition coefficient (Wildman–Crippen LogP) is 4.22. The summed E-state index contributed by atoms with van der Waals surface area (Å²) in [7, 11) is 1.89. The first-order chi connectivity index (χ1) is 21.6. The van der Waals surface area contributed by atoms with Crippen molar-refractivity contribution in [3.63, 3.8) is 0 Å². The molecule has 10 heteroatoms. The quantitative estimate of drug-likeness (QED) is 0.201. The molecule has 0 saturated carbocycles. The van der Waals surface area contributed by atoms with Gasteiger partial charge in [0.2, 0.25) is 17.7 Å². The molecule has 0 spiro atoms. The molecular weight excluding hydrogens is 566 g/mol. The summed E-state index contributed by atoms with van der Waals surface area (Å²) in [5.74, 6) is 0.448. The minimum Gasteiger partial charge on any atom is -0.361 e. The maximum Gasteiger partial charge on any atom is 0.244 e. The first kappa shape index (κ1) is 31.8. The number of rotatable bonds is 10. The zero-order chi connectivity index (χ0) is 32.0. The van der Waals surface area contributed by atoms with Crippen LogP contribution in [-0.2, 0) is 40.3 Å². The molecule has 5 rings (SSSR count). The summed E-state index contributed by atoms with van der Waals surface area (Å²) < 4.78 is 0. The average Bonchev–Trinajstić information content (AvgIpc) is 3.46. The van der Waals surface area contributed by atoms with Gasteiger partial charge in [-0.25, -0.2) is 4.98 Å². The Bertz CT molecular complexity index is 1550. The van der Waals surface area contributed by atoms with Gasteiger partial charge < -0.3 is 25.8 Å². The molecule has 236 valence electrons. The minimum atomic E-state index is -0.622. The number of pyridine rings is 1. The normalized spacial score (nSPS) is 16.9. The number of likely N-dealkylation sites (tertiary alicyclic amines) is 1. The number of hydrogen-bond donors (Lipinski definition) is 4. The van der Waals surface area contributed by atoms with Gasteiger partial charge in [0.15, 0.2) is 0 Å². The Labute approximate surface area is 265 Å². The van der Waals surface area contributed by atoms with Crippen molar-refractivity contribution < 1.29 is 14.4 Å². The first-order valence-corrected chi connectivity index (χ1v) is 15.6. The van der Waals surface area contributed by atoms with Gasteiger partial charge in [-0.05, 0) is 86.2 Å². The van der Waals surface area contributed by atoms with Gasteiger partial charge in [-0.2, -0.15) is 0 Å². The van der Waals surface area contributed by atoms with E-state index in [9.17, 15) is 14.4 Å². The molecule has 1 aromatic heterocycles. The van der Waals surface area contributed by atoms with Crippen molar-refractivity contribution in [1.29, 1.82) is 5.41 Å². The number of amidine groups is 1. The molecule has 10 nitrogen and oxygen atoms in total. The van der Waals surface area contributed by atoms with Crippen LogP contribution in [0, 0.1) is 16.7 Å². The zero-order valence-electron chi connectivity index (χ0n) is 26.4. The molecule has 2 heterocycles. The van der Waals surface area contributed by atoms with Gasteiger partial charge in [0.1, 0.15) is 12.4 Å². The maximum atomic E-state index is 14.2. The van der Waals surface area contributed by atoms with Crippen molar-refractivity contribution in [2.24, 2.45) is 11.3 Å². The number of nitrogens with zero attached hydrogens (tertiary/aromatic N) is 3. The highest BCUT2D eigenvalue weighted by atomic mass is 16.2. The van der Waals surface area contributed by atoms with Crippen LogP contribution in [0.1, 0.15) is 48.9 Å². The Morgan fingerprint density at radius 3 is 2.38 bits per heavy atom. The molecule has 3 aromatic rings. The van der Waals surface area contributed by atoms with Crippen LogP contribution in [0.5, 0.6) is 0 Å². The lowest BCUT2D eigenvalue weighted by Gasteiger charge is -2.41. The van der Waals surface area contributed by atoms with E-state index < -0.39 is 5.41 Å². The molecule has 1 aliphatic carbocycles. The molecule has 0 unspecified atom stereocenters. The van der Waals surface area contributed by atoms with Crippen LogP contribution < -0.4 is 16.0 Å². The highest BCUT2D eigenvalue weighted by molar-refractivity contribution is 5.96. The molecule has 1 saturated heterocycles. The number of nitrogens with one attached hydrogen (secondary N) is 4. The summed E-state index contributed by atoms with van der Waals surface area (Å²) in [6.07, 6.45) is 4.10. The van der Waals surface area contributed by atoms with Crippen LogP contribution in [0.25, 0.3) is 0 Å². The molecule has 2 aromatic carbocycles. The van der Waals surface area contributed by atoms with Crippen molar-refractivity contribution in [2.45, 2.75) is 52.6 Å². The number of piperidine rings is 1. The second-order valence-electron chi connectivity index (χ2n) is 12.4. The van der Waals surface area contributed by atoms with Crippen LogP contribution in [-0.4, -0.2) is 65.0 Å². The van der Waals surface area contributed by atoms with Gasteiger partial charge in [0, 0.05) is 49.4 Å². The summed E-state index contributed by atoms with van der Waals surface area (Å²) in [5, 5.41) is 17.1. The highest BCUT2D eigenvalue weighted by Crippen LogP contribution is 2.34. The standard InChI is InChI=1S/C35H43N7O3/c1-24(36)41-16-13-35(2,14-17-41)34(45)42(22-27-9-5-4-8-26(27)21-37-3)23-32(43)39-30-12-11-25-18-29(19-28(25)20-30)33(44)40-31-10-6-7-15-38-31/h4-12,15,20,29,36-37H,13-14,16-19,21-23H2,1-3H3,(H,39,43)(H,38,40,44)/t29-/m1/s1. The van der Waals surface area contributed by atoms with Gasteiger partial charge >= 0.3 is 0 Å². The number of amides is 3. The van der Waals surface area contributed by atoms with Crippen LogP contribution in [0.4, 0.5) is 11.5 Å².